The van der Waals surface area contributed by atoms with Crippen molar-refractivity contribution in [1.29, 1.82) is 0 Å². The summed E-state index contributed by atoms with van der Waals surface area (Å²) in [7, 11) is 0. The average Bonchev–Trinajstić information content (AvgIpc) is 3.08. The van der Waals surface area contributed by atoms with Crippen LogP contribution in [-0.2, 0) is 0 Å². The number of pyridine rings is 2. The van der Waals surface area contributed by atoms with E-state index in [4.69, 9.17) is 0 Å². The van der Waals surface area contributed by atoms with E-state index in [9.17, 15) is 9.59 Å². The summed E-state index contributed by atoms with van der Waals surface area (Å²) in [5.41, 5.74) is 1.27. The monoisotopic (exact) mass is 480 g/mol. The number of nitrogens with one attached hydrogen (secondary N) is 2. The molecule has 5 aromatic rings. The van der Waals surface area contributed by atoms with Gasteiger partial charge in [0.1, 0.15) is 0 Å². The molecule has 0 spiro atoms. The molecular formula is C16H6Br2N2O2S2. The van der Waals surface area contributed by atoms with Crippen molar-refractivity contribution in [3.8, 4) is 0 Å². The molecule has 0 saturated carbocycles. The lowest BCUT2D eigenvalue weighted by molar-refractivity contribution is 1.34. The third kappa shape index (κ3) is 2.00. The van der Waals surface area contributed by atoms with Crippen molar-refractivity contribution in [1.82, 2.24) is 9.97 Å². The standard InChI is InChI=1S/C16H6Br2N2O2S2/c17-11-3-9-13(23-11)5-1-7-6(2-8(5)16(22)20-9)14-10(19-15(7)21)4-12(18)24-14/h1-4H,(H,19,21)(H,20,22). The number of aromatic amines is 2. The number of rotatable bonds is 0. The minimum Gasteiger partial charge on any atom is -0.321 e. The summed E-state index contributed by atoms with van der Waals surface area (Å²) in [5.74, 6) is 0. The molecule has 118 valence electrons. The van der Waals surface area contributed by atoms with E-state index in [1.54, 1.807) is 22.7 Å². The van der Waals surface area contributed by atoms with Crippen molar-refractivity contribution in [2.75, 3.05) is 0 Å². The first-order chi connectivity index (χ1) is 11.5. The van der Waals surface area contributed by atoms with Crippen LogP contribution in [0.2, 0.25) is 0 Å². The van der Waals surface area contributed by atoms with E-state index < -0.39 is 0 Å². The summed E-state index contributed by atoms with van der Waals surface area (Å²) in [6, 6.07) is 7.43. The maximum Gasteiger partial charge on any atom is 0.256 e. The topological polar surface area (TPSA) is 65.7 Å². The van der Waals surface area contributed by atoms with Gasteiger partial charge in [0.25, 0.3) is 11.1 Å². The molecule has 0 aliphatic rings. The van der Waals surface area contributed by atoms with Crippen molar-refractivity contribution in [2.45, 2.75) is 0 Å². The molecule has 0 saturated heterocycles. The Labute approximate surface area is 158 Å². The summed E-state index contributed by atoms with van der Waals surface area (Å²) in [6.45, 7) is 0. The lowest BCUT2D eigenvalue weighted by Gasteiger charge is -2.04. The van der Waals surface area contributed by atoms with Gasteiger partial charge in [-0.2, -0.15) is 0 Å². The zero-order valence-electron chi connectivity index (χ0n) is 11.7. The van der Waals surface area contributed by atoms with Crippen LogP contribution in [0.3, 0.4) is 0 Å². The molecule has 4 aromatic heterocycles. The molecule has 0 radical (unpaired) electrons. The van der Waals surface area contributed by atoms with Gasteiger partial charge in [-0.15, -0.1) is 22.7 Å². The molecular weight excluding hydrogens is 476 g/mol. The summed E-state index contributed by atoms with van der Waals surface area (Å²) in [5, 5.41) is 2.80. The fourth-order valence-electron chi connectivity index (χ4n) is 3.04. The molecule has 8 heteroatoms. The van der Waals surface area contributed by atoms with Gasteiger partial charge < -0.3 is 9.97 Å². The SMILES string of the molecule is O=c1[nH]c2cc(Br)sc2c2cc3c(=O)[nH]c4cc(Br)sc4c3cc12. The Morgan fingerprint density at radius 3 is 1.50 bits per heavy atom. The Morgan fingerprint density at radius 1 is 0.667 bits per heavy atom. The third-order valence-electron chi connectivity index (χ3n) is 4.04. The number of thiophene rings is 2. The molecule has 0 bridgehead atoms. The van der Waals surface area contributed by atoms with Crippen LogP contribution in [-0.4, -0.2) is 9.97 Å². The highest BCUT2D eigenvalue weighted by Crippen LogP contribution is 2.37. The molecule has 4 nitrogen and oxygen atoms in total. The van der Waals surface area contributed by atoms with Crippen molar-refractivity contribution in [3.05, 3.63) is 52.5 Å². The van der Waals surface area contributed by atoms with Crippen LogP contribution in [0, 0.1) is 0 Å². The Hall–Kier alpha value is -1.48. The van der Waals surface area contributed by atoms with E-state index in [2.05, 4.69) is 41.8 Å². The van der Waals surface area contributed by atoms with Crippen molar-refractivity contribution in [3.63, 3.8) is 0 Å². The molecule has 0 amide bonds. The molecule has 24 heavy (non-hydrogen) atoms. The van der Waals surface area contributed by atoms with Crippen molar-refractivity contribution in [2.24, 2.45) is 0 Å². The van der Waals surface area contributed by atoms with Gasteiger partial charge in [0.15, 0.2) is 0 Å². The second-order valence-electron chi connectivity index (χ2n) is 5.44. The molecule has 1 aromatic carbocycles. The molecule has 0 aliphatic heterocycles. The quantitative estimate of drug-likeness (QED) is 0.294. The summed E-state index contributed by atoms with van der Waals surface area (Å²) in [4.78, 5) is 30.9. The zero-order valence-corrected chi connectivity index (χ0v) is 16.5. The molecule has 0 aliphatic carbocycles. The van der Waals surface area contributed by atoms with Crippen LogP contribution < -0.4 is 11.1 Å². The Balaban J connectivity index is 2.11. The first-order valence-electron chi connectivity index (χ1n) is 6.91. The fourth-order valence-corrected chi connectivity index (χ4v) is 6.21. The maximum atomic E-state index is 12.5. The summed E-state index contributed by atoms with van der Waals surface area (Å²) < 4.78 is 3.80. The maximum absolute atomic E-state index is 12.5. The van der Waals surface area contributed by atoms with Crippen LogP contribution in [0.1, 0.15) is 0 Å². The van der Waals surface area contributed by atoms with E-state index in [1.807, 2.05) is 24.3 Å². The minimum atomic E-state index is -0.145. The van der Waals surface area contributed by atoms with E-state index in [0.29, 0.717) is 10.8 Å². The highest BCUT2D eigenvalue weighted by Gasteiger charge is 2.14. The molecule has 4 heterocycles. The number of H-pyrrole nitrogens is 2. The minimum absolute atomic E-state index is 0.145. The Kier molecular flexibility index (Phi) is 3.10. The van der Waals surface area contributed by atoms with Gasteiger partial charge in [-0.1, -0.05) is 0 Å². The predicted octanol–water partition coefficient (Wildman–Crippen LogP) is 5.32. The van der Waals surface area contributed by atoms with E-state index in [1.165, 1.54) is 0 Å². The smallest absolute Gasteiger partial charge is 0.256 e. The van der Waals surface area contributed by atoms with Crippen LogP contribution in [0.4, 0.5) is 0 Å². The first kappa shape index (κ1) is 14.8. The van der Waals surface area contributed by atoms with Crippen LogP contribution in [0.5, 0.6) is 0 Å². The number of aromatic nitrogens is 2. The lowest BCUT2D eigenvalue weighted by atomic mass is 10.1. The van der Waals surface area contributed by atoms with Crippen molar-refractivity contribution >= 4 is 96.5 Å². The molecule has 0 unspecified atom stereocenters. The average molecular weight is 482 g/mol. The molecule has 0 fully saturated rings. The van der Waals surface area contributed by atoms with Gasteiger partial charge in [0, 0.05) is 21.5 Å². The number of hydrogen-bond donors (Lipinski definition) is 2. The van der Waals surface area contributed by atoms with Gasteiger partial charge >= 0.3 is 0 Å². The van der Waals surface area contributed by atoms with Crippen LogP contribution >= 0.6 is 54.5 Å². The van der Waals surface area contributed by atoms with Crippen LogP contribution in [0.25, 0.3) is 42.0 Å². The third-order valence-corrected chi connectivity index (χ3v) is 7.38. The zero-order chi connectivity index (χ0) is 16.6. The number of benzene rings is 1. The van der Waals surface area contributed by atoms with Gasteiger partial charge in [-0.3, -0.25) is 9.59 Å². The van der Waals surface area contributed by atoms with Crippen molar-refractivity contribution < 1.29 is 0 Å². The Bertz CT molecular complexity index is 1320. The fraction of sp³-hybridized carbons (Fsp3) is 0. The van der Waals surface area contributed by atoms with Gasteiger partial charge in [-0.05, 0) is 56.1 Å². The second-order valence-corrected chi connectivity index (χ2v) is 10.3. The number of halogens is 2. The Morgan fingerprint density at radius 2 is 1.08 bits per heavy atom. The number of hydrogen-bond acceptors (Lipinski definition) is 4. The second kappa shape index (κ2) is 5.01. The normalized spacial score (nSPS) is 12.1. The molecule has 0 atom stereocenters. The molecule has 5 rings (SSSR count). The summed E-state index contributed by atoms with van der Waals surface area (Å²) in [6.07, 6.45) is 0. The largest absolute Gasteiger partial charge is 0.321 e. The van der Waals surface area contributed by atoms with Gasteiger partial charge in [0.05, 0.1) is 28.0 Å². The van der Waals surface area contributed by atoms with Crippen LogP contribution in [0.15, 0.2) is 41.4 Å². The number of fused-ring (bicyclic) bond motifs is 6. The highest BCUT2D eigenvalue weighted by atomic mass is 79.9. The molecule has 2 N–H and O–H groups in total. The first-order valence-corrected chi connectivity index (χ1v) is 10.1. The summed E-state index contributed by atoms with van der Waals surface area (Å²) >= 11 is 10.0. The van der Waals surface area contributed by atoms with E-state index in [0.717, 1.165) is 38.8 Å². The van der Waals surface area contributed by atoms with Gasteiger partial charge in [-0.25, -0.2) is 0 Å². The van der Waals surface area contributed by atoms with E-state index >= 15 is 0 Å². The highest BCUT2D eigenvalue weighted by molar-refractivity contribution is 9.11. The lowest BCUT2D eigenvalue weighted by Crippen LogP contribution is -2.08. The predicted molar refractivity (Wildman–Crippen MR) is 109 cm³/mol. The van der Waals surface area contributed by atoms with E-state index in [-0.39, 0.29) is 11.1 Å². The van der Waals surface area contributed by atoms with Gasteiger partial charge in [0.2, 0.25) is 0 Å².